The maximum Gasteiger partial charge on any atom is 0.178 e. The van der Waals surface area contributed by atoms with Gasteiger partial charge in [0.15, 0.2) is 9.84 Å². The quantitative estimate of drug-likeness (QED) is 0.619. The summed E-state index contributed by atoms with van der Waals surface area (Å²) < 4.78 is 24.4. The Morgan fingerprint density at radius 3 is 2.25 bits per heavy atom. The first-order valence-corrected chi connectivity index (χ1v) is 7.71. The molecule has 0 spiro atoms. The Kier molecular flexibility index (Phi) is 3.25. The van der Waals surface area contributed by atoms with Gasteiger partial charge in [0.05, 0.1) is 14.4 Å². The molecule has 0 unspecified atom stereocenters. The second-order valence-corrected chi connectivity index (χ2v) is 7.01. The van der Waals surface area contributed by atoms with Crippen molar-refractivity contribution in [2.45, 2.75) is 18.4 Å². The largest absolute Gasteiger partial charge is 0.335 e. The molecule has 16 heavy (non-hydrogen) atoms. The molecule has 0 radical (unpaired) electrons. The number of sulfone groups is 1. The Bertz CT molecular complexity index is 519. The molecule has 86 valence electrons. The van der Waals surface area contributed by atoms with Crippen LogP contribution in [0.4, 0.5) is 0 Å². The summed E-state index contributed by atoms with van der Waals surface area (Å²) in [6.45, 7) is 2.48. The van der Waals surface area contributed by atoms with E-state index < -0.39 is 9.84 Å². The molecule has 0 saturated heterocycles. The molecule has 2 rings (SSSR count). The van der Waals surface area contributed by atoms with Crippen LogP contribution in [0.5, 0.6) is 0 Å². The molecule has 0 fully saturated rings. The Morgan fingerprint density at radius 2 is 1.81 bits per heavy atom. The van der Waals surface area contributed by atoms with E-state index in [4.69, 9.17) is 0 Å². The number of halogens is 1. The molecule has 0 saturated carbocycles. The molecular weight excluding hydrogens is 337 g/mol. The molecule has 1 aromatic rings. The first-order chi connectivity index (χ1) is 7.53. The lowest BCUT2D eigenvalue weighted by Crippen LogP contribution is -2.04. The molecule has 0 aromatic heterocycles. The average Bonchev–Trinajstić information content (AvgIpc) is 2.95. The summed E-state index contributed by atoms with van der Waals surface area (Å²) in [5.74, 6) is 0.151. The maximum absolute atomic E-state index is 11.6. The van der Waals surface area contributed by atoms with E-state index in [0.717, 1.165) is 12.1 Å². The van der Waals surface area contributed by atoms with Crippen molar-refractivity contribution < 1.29 is 8.42 Å². The number of rotatable bonds is 4. The number of benzene rings is 1. The molecule has 0 bridgehead atoms. The van der Waals surface area contributed by atoms with Gasteiger partial charge in [-0.15, -0.1) is 0 Å². The van der Waals surface area contributed by atoms with Crippen molar-refractivity contribution in [2.24, 2.45) is 0 Å². The third-order valence-electron chi connectivity index (χ3n) is 2.48. The van der Waals surface area contributed by atoms with Crippen LogP contribution in [0.15, 0.2) is 39.1 Å². The van der Waals surface area contributed by atoms with Crippen LogP contribution < -0.4 is 0 Å². The Balaban J connectivity index is 2.10. The second kappa shape index (κ2) is 4.37. The zero-order valence-electron chi connectivity index (χ0n) is 8.85. The van der Waals surface area contributed by atoms with Gasteiger partial charge in [-0.25, -0.2) is 8.42 Å². The highest BCUT2D eigenvalue weighted by molar-refractivity contribution is 14.1. The van der Waals surface area contributed by atoms with E-state index in [1.807, 2.05) is 12.1 Å². The van der Waals surface area contributed by atoms with E-state index in [-0.39, 0.29) is 5.75 Å². The van der Waals surface area contributed by atoms with Crippen LogP contribution in [0.2, 0.25) is 0 Å². The fraction of sp³-hybridized carbons (Fsp3) is 0.273. The van der Waals surface area contributed by atoms with Crippen LogP contribution in [0, 0.1) is 0 Å². The van der Waals surface area contributed by atoms with Gasteiger partial charge in [-0.3, -0.25) is 0 Å². The van der Waals surface area contributed by atoms with Gasteiger partial charge in [0.2, 0.25) is 0 Å². The van der Waals surface area contributed by atoms with E-state index in [2.05, 4.69) is 33.7 Å². The summed E-state index contributed by atoms with van der Waals surface area (Å²) in [7, 11) is -3.07. The SMILES string of the molecule is CCS(=O)(=O)c1ccc(CN2C=C2I)cc1. The highest BCUT2D eigenvalue weighted by Crippen LogP contribution is 2.29. The lowest BCUT2D eigenvalue weighted by atomic mass is 10.2. The van der Waals surface area contributed by atoms with Crippen LogP contribution in [-0.4, -0.2) is 19.1 Å². The minimum atomic E-state index is -3.07. The highest BCUT2D eigenvalue weighted by atomic mass is 127. The van der Waals surface area contributed by atoms with Crippen LogP contribution >= 0.6 is 22.6 Å². The van der Waals surface area contributed by atoms with Gasteiger partial charge in [-0.1, -0.05) is 19.1 Å². The van der Waals surface area contributed by atoms with Crippen molar-refractivity contribution >= 4 is 32.4 Å². The summed E-state index contributed by atoms with van der Waals surface area (Å²) in [5.41, 5.74) is 1.12. The van der Waals surface area contributed by atoms with Gasteiger partial charge < -0.3 is 4.90 Å². The van der Waals surface area contributed by atoms with Crippen LogP contribution in [-0.2, 0) is 16.4 Å². The topological polar surface area (TPSA) is 37.1 Å². The van der Waals surface area contributed by atoms with E-state index >= 15 is 0 Å². The van der Waals surface area contributed by atoms with Crippen LogP contribution in [0.1, 0.15) is 12.5 Å². The van der Waals surface area contributed by atoms with Gasteiger partial charge in [-0.2, -0.15) is 0 Å². The Morgan fingerprint density at radius 1 is 1.25 bits per heavy atom. The van der Waals surface area contributed by atoms with Crippen molar-refractivity contribution in [3.63, 3.8) is 0 Å². The van der Waals surface area contributed by atoms with Gasteiger partial charge in [0.25, 0.3) is 0 Å². The highest BCUT2D eigenvalue weighted by Gasteiger charge is 2.17. The number of hydrogen-bond acceptors (Lipinski definition) is 3. The number of hydrogen-bond donors (Lipinski definition) is 0. The van der Waals surface area contributed by atoms with Gasteiger partial charge >= 0.3 is 0 Å². The van der Waals surface area contributed by atoms with Gasteiger partial charge in [-0.05, 0) is 40.3 Å². The third kappa shape index (κ3) is 2.57. The van der Waals surface area contributed by atoms with E-state index in [0.29, 0.717) is 4.90 Å². The molecule has 0 N–H and O–H groups in total. The fourth-order valence-corrected chi connectivity index (χ4v) is 2.78. The van der Waals surface area contributed by atoms with Gasteiger partial charge in [0, 0.05) is 12.7 Å². The minimum absolute atomic E-state index is 0.151. The molecule has 0 aliphatic carbocycles. The monoisotopic (exact) mass is 349 g/mol. The Labute approximate surface area is 109 Å². The molecule has 3 nitrogen and oxygen atoms in total. The zero-order chi connectivity index (χ0) is 11.8. The normalized spacial score (nSPS) is 14.9. The second-order valence-electron chi connectivity index (χ2n) is 3.63. The Hall–Kier alpha value is -0.560. The first kappa shape index (κ1) is 11.9. The van der Waals surface area contributed by atoms with Crippen molar-refractivity contribution in [3.05, 3.63) is 39.7 Å². The predicted octanol–water partition coefficient (Wildman–Crippen LogP) is 2.53. The van der Waals surface area contributed by atoms with Gasteiger partial charge in [0.1, 0.15) is 0 Å². The average molecular weight is 349 g/mol. The molecule has 5 heteroatoms. The van der Waals surface area contributed by atoms with Crippen molar-refractivity contribution in [1.29, 1.82) is 0 Å². The molecular formula is C11H12INO2S. The molecule has 0 amide bonds. The molecule has 0 atom stereocenters. The van der Waals surface area contributed by atoms with E-state index in [1.54, 1.807) is 19.1 Å². The lowest BCUT2D eigenvalue weighted by molar-refractivity contribution is 0.594. The summed E-state index contributed by atoms with van der Waals surface area (Å²) >= 11 is 2.26. The predicted molar refractivity (Wildman–Crippen MR) is 71.8 cm³/mol. The van der Waals surface area contributed by atoms with Crippen molar-refractivity contribution in [3.8, 4) is 0 Å². The maximum atomic E-state index is 11.6. The first-order valence-electron chi connectivity index (χ1n) is 4.98. The molecule has 1 aliphatic rings. The molecule has 1 aromatic carbocycles. The minimum Gasteiger partial charge on any atom is -0.335 e. The third-order valence-corrected chi connectivity index (χ3v) is 5.13. The number of nitrogens with zero attached hydrogens (tertiary/aromatic N) is 1. The summed E-state index contributed by atoms with van der Waals surface area (Å²) in [4.78, 5) is 2.52. The zero-order valence-corrected chi connectivity index (χ0v) is 11.8. The lowest BCUT2D eigenvalue weighted by Gasteiger charge is -2.06. The van der Waals surface area contributed by atoms with E-state index in [1.165, 1.54) is 3.70 Å². The fourth-order valence-electron chi connectivity index (χ4n) is 1.39. The molecule has 1 heterocycles. The molecule has 1 aliphatic heterocycles. The summed E-state index contributed by atoms with van der Waals surface area (Å²) in [6, 6.07) is 7.12. The summed E-state index contributed by atoms with van der Waals surface area (Å²) in [6.07, 6.45) is 2.05. The standard InChI is InChI=1S/C11H12INO2S/c1-2-16(14,15)10-5-3-9(4-6-10)7-13-8-11(13)12/h3-6,8H,2,7H2,1H3. The van der Waals surface area contributed by atoms with Crippen LogP contribution in [0.25, 0.3) is 0 Å². The smallest absolute Gasteiger partial charge is 0.178 e. The van der Waals surface area contributed by atoms with Crippen LogP contribution in [0.3, 0.4) is 0 Å². The van der Waals surface area contributed by atoms with E-state index in [9.17, 15) is 8.42 Å². The van der Waals surface area contributed by atoms with Crippen molar-refractivity contribution in [1.82, 2.24) is 4.90 Å². The van der Waals surface area contributed by atoms with Crippen molar-refractivity contribution in [2.75, 3.05) is 5.75 Å². The summed E-state index contributed by atoms with van der Waals surface area (Å²) in [5, 5.41) is 0.